The van der Waals surface area contributed by atoms with Crippen LogP contribution in [-0.2, 0) is 16.6 Å². The maximum atomic E-state index is 13.3. The van der Waals surface area contributed by atoms with Gasteiger partial charge in [-0.2, -0.15) is 0 Å². The molecule has 2 aromatic carbocycles. The van der Waals surface area contributed by atoms with Crippen LogP contribution in [0.3, 0.4) is 0 Å². The molecule has 2 aliphatic rings. The highest BCUT2D eigenvalue weighted by Gasteiger charge is 2.50. The molecule has 0 aromatic heterocycles. The Bertz CT molecular complexity index is 1050. The summed E-state index contributed by atoms with van der Waals surface area (Å²) >= 11 is -0.0221. The lowest BCUT2D eigenvalue weighted by atomic mass is 10.1. The van der Waals surface area contributed by atoms with E-state index in [0.29, 0.717) is 44.1 Å². The summed E-state index contributed by atoms with van der Waals surface area (Å²) in [5.41, 5.74) is 1.69. The predicted molar refractivity (Wildman–Crippen MR) is 139 cm³/mol. The number of carbonyl (C=O) groups is 2. The smallest absolute Gasteiger partial charge is 0.251 e. The minimum absolute atomic E-state index is 0.00908. The van der Waals surface area contributed by atoms with E-state index in [1.54, 1.807) is 33.5 Å². The molecule has 4 rings (SSSR count). The molecular weight excluding hydrogens is 479 g/mol. The molecule has 1 heterocycles. The van der Waals surface area contributed by atoms with Gasteiger partial charge in [-0.1, -0.05) is 30.3 Å². The number of nitrogens with zero attached hydrogens (tertiary/aromatic N) is 2. The van der Waals surface area contributed by atoms with Crippen molar-refractivity contribution in [3.8, 4) is 0 Å². The lowest BCUT2D eigenvalue weighted by Crippen LogP contribution is -2.54. The van der Waals surface area contributed by atoms with Gasteiger partial charge in [0.2, 0.25) is 5.91 Å². The molecule has 1 saturated heterocycles. The summed E-state index contributed by atoms with van der Waals surface area (Å²) in [4.78, 5) is 27.8. The second-order valence-electron chi connectivity index (χ2n) is 9.90. The summed E-state index contributed by atoms with van der Waals surface area (Å²) in [6, 6.07) is 15.1. The van der Waals surface area contributed by atoms with Crippen LogP contribution in [0.25, 0.3) is 0 Å². The van der Waals surface area contributed by atoms with Crippen molar-refractivity contribution in [1.29, 1.82) is 0 Å². The van der Waals surface area contributed by atoms with Crippen molar-refractivity contribution >= 4 is 23.7 Å². The molecule has 9 heteroatoms. The highest BCUT2D eigenvalue weighted by molar-refractivity contribution is 7.63. The predicted octanol–water partition coefficient (Wildman–Crippen LogP) is 2.63. The Balaban J connectivity index is 1.28. The fraction of sp³-hybridized carbons (Fsp3) is 0.481. The monoisotopic (exact) mass is 514 g/mol. The SMILES string of the molecule is C[C@@]1(NCCCC[C@H](NC(=O)c2ccccc2)C(=O)N2CCN([SH]=O)CC2)C[C@H]1c1ccc(F)cc1. The first-order chi connectivity index (χ1) is 17.4. The molecule has 0 bridgehead atoms. The molecule has 194 valence electrons. The van der Waals surface area contributed by atoms with E-state index in [-0.39, 0.29) is 35.0 Å². The van der Waals surface area contributed by atoms with Gasteiger partial charge in [0.25, 0.3) is 5.91 Å². The third-order valence-electron chi connectivity index (χ3n) is 7.28. The Kier molecular flexibility index (Phi) is 8.87. The zero-order chi connectivity index (χ0) is 25.5. The van der Waals surface area contributed by atoms with Crippen molar-refractivity contribution in [1.82, 2.24) is 19.8 Å². The minimum atomic E-state index is -0.600. The van der Waals surface area contributed by atoms with Gasteiger partial charge in [0.1, 0.15) is 11.9 Å². The van der Waals surface area contributed by atoms with Crippen LogP contribution in [0.1, 0.15) is 54.4 Å². The van der Waals surface area contributed by atoms with Gasteiger partial charge in [0.15, 0.2) is 0 Å². The van der Waals surface area contributed by atoms with Crippen LogP contribution < -0.4 is 10.6 Å². The number of hydrogen-bond donors (Lipinski definition) is 3. The zero-order valence-corrected chi connectivity index (χ0v) is 21.6. The van der Waals surface area contributed by atoms with Crippen LogP contribution in [0, 0.1) is 5.82 Å². The zero-order valence-electron chi connectivity index (χ0n) is 20.7. The number of thiol groups is 1. The number of halogens is 1. The molecule has 2 N–H and O–H groups in total. The van der Waals surface area contributed by atoms with E-state index >= 15 is 0 Å². The van der Waals surface area contributed by atoms with E-state index in [2.05, 4.69) is 17.6 Å². The van der Waals surface area contributed by atoms with Gasteiger partial charge in [-0.15, -0.1) is 0 Å². The topological polar surface area (TPSA) is 81.8 Å². The standard InChI is InChI=1S/C27H35FN4O3S/c1-27(19-23(27)20-10-12-22(28)13-11-20)29-14-6-5-9-24(30-25(33)21-7-3-2-4-8-21)26(34)31-15-17-32(36-35)18-16-31/h2-4,7-8,10-13,23-24,29,36H,5-6,9,14-19H2,1H3,(H,30,33)/t23-,24-,27+/m0/s1. The molecule has 0 unspecified atom stereocenters. The first-order valence-corrected chi connectivity index (χ1v) is 13.4. The fourth-order valence-corrected chi connectivity index (χ4v) is 5.24. The molecule has 36 heavy (non-hydrogen) atoms. The summed E-state index contributed by atoms with van der Waals surface area (Å²) in [6.07, 6.45) is 3.23. The number of hydrogen-bond acceptors (Lipinski definition) is 4. The van der Waals surface area contributed by atoms with E-state index in [1.165, 1.54) is 12.1 Å². The number of carbonyl (C=O) groups excluding carboxylic acids is 2. The van der Waals surface area contributed by atoms with E-state index in [0.717, 1.165) is 31.4 Å². The number of unbranched alkanes of at least 4 members (excludes halogenated alkanes) is 1. The van der Waals surface area contributed by atoms with Crippen LogP contribution in [-0.4, -0.2) is 69.5 Å². The molecule has 7 nitrogen and oxygen atoms in total. The number of rotatable bonds is 11. The van der Waals surface area contributed by atoms with Gasteiger partial charge in [-0.25, -0.2) is 12.9 Å². The average molecular weight is 515 g/mol. The largest absolute Gasteiger partial charge is 0.340 e. The molecule has 1 aliphatic heterocycles. The van der Waals surface area contributed by atoms with E-state index in [4.69, 9.17) is 0 Å². The van der Waals surface area contributed by atoms with Crippen molar-refractivity contribution in [3.05, 3.63) is 71.5 Å². The van der Waals surface area contributed by atoms with Crippen molar-refractivity contribution in [2.24, 2.45) is 0 Å². The van der Waals surface area contributed by atoms with Gasteiger partial charge < -0.3 is 15.5 Å². The normalized spacial score (nSPS) is 22.7. The molecular formula is C27H35FN4O3S. The number of piperazine rings is 1. The van der Waals surface area contributed by atoms with Crippen molar-refractivity contribution in [2.45, 2.75) is 50.1 Å². The molecule has 2 aromatic rings. The third-order valence-corrected chi connectivity index (χ3v) is 7.91. The maximum absolute atomic E-state index is 13.3. The average Bonchev–Trinajstić information content (AvgIpc) is 3.59. The van der Waals surface area contributed by atoms with Crippen LogP contribution in [0.15, 0.2) is 54.6 Å². The molecule has 1 saturated carbocycles. The Hall–Kier alpha value is -2.62. The number of benzene rings is 2. The molecule has 0 spiro atoms. The Morgan fingerprint density at radius 1 is 1.06 bits per heavy atom. The Morgan fingerprint density at radius 3 is 2.42 bits per heavy atom. The number of nitrogens with one attached hydrogen (secondary N) is 2. The minimum Gasteiger partial charge on any atom is -0.340 e. The fourth-order valence-electron chi connectivity index (χ4n) is 4.90. The highest BCUT2D eigenvalue weighted by atomic mass is 32.2. The number of amides is 2. The van der Waals surface area contributed by atoms with Crippen LogP contribution >= 0.6 is 0 Å². The molecule has 2 amide bonds. The lowest BCUT2D eigenvalue weighted by molar-refractivity contribution is -0.134. The van der Waals surface area contributed by atoms with Gasteiger partial charge in [-0.3, -0.25) is 9.59 Å². The molecule has 1 aliphatic carbocycles. The molecule has 3 atom stereocenters. The van der Waals surface area contributed by atoms with Crippen LogP contribution in [0.2, 0.25) is 0 Å². The Labute approximate surface area is 216 Å². The van der Waals surface area contributed by atoms with Crippen molar-refractivity contribution in [2.75, 3.05) is 32.7 Å². The van der Waals surface area contributed by atoms with Gasteiger partial charge in [0, 0.05) is 43.2 Å². The van der Waals surface area contributed by atoms with Crippen LogP contribution in [0.5, 0.6) is 0 Å². The van der Waals surface area contributed by atoms with Gasteiger partial charge >= 0.3 is 0 Å². The Morgan fingerprint density at radius 2 is 1.75 bits per heavy atom. The summed E-state index contributed by atoms with van der Waals surface area (Å²) < 4.78 is 26.1. The van der Waals surface area contributed by atoms with Gasteiger partial charge in [0.05, 0.1) is 11.9 Å². The summed E-state index contributed by atoms with van der Waals surface area (Å²) in [7, 11) is 0. The van der Waals surface area contributed by atoms with E-state index in [1.807, 2.05) is 18.2 Å². The second kappa shape index (κ2) is 12.1. The first kappa shape index (κ1) is 26.4. The van der Waals surface area contributed by atoms with E-state index < -0.39 is 6.04 Å². The lowest BCUT2D eigenvalue weighted by Gasteiger charge is -2.34. The first-order valence-electron chi connectivity index (χ1n) is 12.6. The summed E-state index contributed by atoms with van der Waals surface area (Å²) in [6.45, 7) is 5.09. The third kappa shape index (κ3) is 6.78. The summed E-state index contributed by atoms with van der Waals surface area (Å²) in [5, 5.41) is 6.58. The van der Waals surface area contributed by atoms with E-state index in [9.17, 15) is 18.2 Å². The molecule has 0 radical (unpaired) electrons. The van der Waals surface area contributed by atoms with Crippen molar-refractivity contribution < 1.29 is 18.2 Å². The second-order valence-corrected chi connectivity index (χ2v) is 10.6. The highest BCUT2D eigenvalue weighted by Crippen LogP contribution is 2.51. The molecule has 2 fully saturated rings. The van der Waals surface area contributed by atoms with Crippen molar-refractivity contribution in [3.63, 3.8) is 0 Å². The summed E-state index contributed by atoms with van der Waals surface area (Å²) in [5.74, 6) is -0.175. The quantitative estimate of drug-likeness (QED) is 0.318. The van der Waals surface area contributed by atoms with Crippen LogP contribution in [0.4, 0.5) is 4.39 Å². The van der Waals surface area contributed by atoms with Gasteiger partial charge in [-0.05, 0) is 69.0 Å². The maximum Gasteiger partial charge on any atom is 0.251 e.